The molecule has 1 aromatic carbocycles. The molecule has 2 saturated heterocycles. The Balaban J connectivity index is 1.49. The van der Waals surface area contributed by atoms with Crippen LogP contribution in [0.25, 0.3) is 0 Å². The molecule has 0 N–H and O–H groups in total. The minimum atomic E-state index is -0.402. The van der Waals surface area contributed by atoms with E-state index in [4.69, 9.17) is 14.2 Å². The monoisotopic (exact) mass is 429 g/mol. The molecule has 3 heterocycles. The van der Waals surface area contributed by atoms with Gasteiger partial charge in [-0.25, -0.2) is 4.79 Å². The van der Waals surface area contributed by atoms with E-state index in [1.807, 2.05) is 0 Å². The fourth-order valence-electron chi connectivity index (χ4n) is 3.85. The van der Waals surface area contributed by atoms with E-state index in [2.05, 4.69) is 34.5 Å². The highest BCUT2D eigenvalue weighted by molar-refractivity contribution is 14.1. The number of hydrogen-bond acceptors (Lipinski definition) is 5. The zero-order valence-corrected chi connectivity index (χ0v) is 15.2. The second kappa shape index (κ2) is 5.81. The summed E-state index contributed by atoms with van der Waals surface area (Å²) in [5.74, 6) is 1.03. The van der Waals surface area contributed by atoms with Crippen LogP contribution in [0.5, 0.6) is 11.5 Å². The van der Waals surface area contributed by atoms with Gasteiger partial charge in [0.25, 0.3) is 0 Å². The molecule has 1 unspecified atom stereocenters. The van der Waals surface area contributed by atoms with Gasteiger partial charge in [-0.05, 0) is 60.7 Å². The minimum absolute atomic E-state index is 0.277. The summed E-state index contributed by atoms with van der Waals surface area (Å²) in [5, 5.41) is 0. The largest absolute Gasteiger partial charge is 0.486 e. The molecule has 3 aliphatic heterocycles. The van der Waals surface area contributed by atoms with E-state index >= 15 is 0 Å². The first-order chi connectivity index (χ1) is 11.0. The molecule has 0 saturated carbocycles. The second-order valence-corrected chi connectivity index (χ2v) is 8.56. The van der Waals surface area contributed by atoms with Gasteiger partial charge in [0.05, 0.1) is 5.56 Å². The molecule has 2 bridgehead atoms. The molecule has 0 aromatic heterocycles. The van der Waals surface area contributed by atoms with Crippen LogP contribution in [0.3, 0.4) is 0 Å². The molecule has 0 amide bonds. The van der Waals surface area contributed by atoms with Crippen molar-refractivity contribution in [2.24, 2.45) is 0 Å². The summed E-state index contributed by atoms with van der Waals surface area (Å²) >= 11 is 2.33. The Morgan fingerprint density at radius 1 is 1.22 bits per heavy atom. The van der Waals surface area contributed by atoms with Crippen LogP contribution in [0.2, 0.25) is 0 Å². The van der Waals surface area contributed by atoms with Crippen LogP contribution in [-0.2, 0) is 4.74 Å². The molecule has 3 aliphatic rings. The summed E-state index contributed by atoms with van der Waals surface area (Å²) in [6, 6.07) is 6.31. The van der Waals surface area contributed by atoms with Gasteiger partial charge in [0.1, 0.15) is 13.2 Å². The molecule has 0 radical (unpaired) electrons. The van der Waals surface area contributed by atoms with E-state index in [-0.39, 0.29) is 5.97 Å². The topological polar surface area (TPSA) is 48.0 Å². The van der Waals surface area contributed by atoms with Crippen LogP contribution in [0.4, 0.5) is 0 Å². The smallest absolute Gasteiger partial charge is 0.339 e. The van der Waals surface area contributed by atoms with Gasteiger partial charge >= 0.3 is 5.97 Å². The molecule has 6 heteroatoms. The van der Waals surface area contributed by atoms with Crippen LogP contribution in [0.15, 0.2) is 18.2 Å². The van der Waals surface area contributed by atoms with Crippen molar-refractivity contribution in [2.75, 3.05) is 20.3 Å². The summed E-state index contributed by atoms with van der Waals surface area (Å²) in [6.07, 6.45) is 4.20. The van der Waals surface area contributed by atoms with Crippen LogP contribution >= 0.6 is 22.6 Å². The van der Waals surface area contributed by atoms with E-state index in [1.165, 1.54) is 12.8 Å². The number of ether oxygens (including phenoxy) is 3. The predicted octanol–water partition coefficient (Wildman–Crippen LogP) is 3.00. The number of nitrogens with zero attached hydrogens (tertiary/aromatic N) is 1. The number of rotatable bonds is 2. The van der Waals surface area contributed by atoms with Crippen LogP contribution < -0.4 is 9.47 Å². The fraction of sp³-hybridized carbons (Fsp3) is 0.588. The van der Waals surface area contributed by atoms with Gasteiger partial charge in [0.2, 0.25) is 0 Å². The van der Waals surface area contributed by atoms with Gasteiger partial charge in [-0.3, -0.25) is 0 Å². The molecular weight excluding hydrogens is 409 g/mol. The van der Waals surface area contributed by atoms with Crippen LogP contribution in [0.1, 0.15) is 36.0 Å². The lowest BCUT2D eigenvalue weighted by atomic mass is 10.0. The van der Waals surface area contributed by atoms with Gasteiger partial charge in [-0.1, -0.05) is 0 Å². The highest BCUT2D eigenvalue weighted by Gasteiger charge is 2.47. The van der Waals surface area contributed by atoms with Crippen molar-refractivity contribution in [1.82, 2.24) is 4.90 Å². The fourth-order valence-corrected chi connectivity index (χ4v) is 5.06. The quantitative estimate of drug-likeness (QED) is 0.411. The van der Waals surface area contributed by atoms with Crippen molar-refractivity contribution in [1.29, 1.82) is 0 Å². The summed E-state index contributed by atoms with van der Waals surface area (Å²) in [4.78, 5) is 15.0. The number of carbonyl (C=O) groups is 1. The molecule has 3 atom stereocenters. The van der Waals surface area contributed by atoms with E-state index < -0.39 is 3.61 Å². The Kier molecular flexibility index (Phi) is 3.91. The Labute approximate surface area is 149 Å². The van der Waals surface area contributed by atoms with Crippen LogP contribution in [-0.4, -0.2) is 46.8 Å². The zero-order valence-electron chi connectivity index (χ0n) is 13.1. The minimum Gasteiger partial charge on any atom is -0.486 e. The molecule has 4 rings (SSSR count). The van der Waals surface area contributed by atoms with Crippen LogP contribution in [0, 0.1) is 0 Å². The first-order valence-electron chi connectivity index (χ1n) is 8.08. The summed E-state index contributed by atoms with van der Waals surface area (Å²) in [6.45, 7) is 1.06. The number of benzene rings is 1. The maximum atomic E-state index is 12.6. The summed E-state index contributed by atoms with van der Waals surface area (Å²) in [7, 11) is 2.18. The third-order valence-electron chi connectivity index (χ3n) is 5.12. The zero-order chi connectivity index (χ0) is 16.0. The van der Waals surface area contributed by atoms with Gasteiger partial charge in [-0.15, -0.1) is 0 Å². The van der Waals surface area contributed by atoms with Gasteiger partial charge < -0.3 is 19.1 Å². The highest BCUT2D eigenvalue weighted by Crippen LogP contribution is 2.45. The highest BCUT2D eigenvalue weighted by atomic mass is 127. The van der Waals surface area contributed by atoms with E-state index in [0.717, 1.165) is 12.8 Å². The van der Waals surface area contributed by atoms with Gasteiger partial charge in [-0.2, -0.15) is 0 Å². The van der Waals surface area contributed by atoms with Gasteiger partial charge in [0.15, 0.2) is 15.1 Å². The number of halogens is 1. The first kappa shape index (κ1) is 15.5. The Morgan fingerprint density at radius 3 is 2.57 bits per heavy atom. The van der Waals surface area contributed by atoms with Crippen molar-refractivity contribution >= 4 is 28.6 Å². The predicted molar refractivity (Wildman–Crippen MR) is 93.4 cm³/mol. The molecule has 124 valence electrons. The SMILES string of the molecule is CN1[C@@H]2CC[C@H]1CC(I)(OC(=O)c1ccc3c(c1)OCCO3)C2. The molecule has 0 spiro atoms. The van der Waals surface area contributed by atoms with E-state index in [9.17, 15) is 4.79 Å². The number of carbonyl (C=O) groups excluding carboxylic acids is 1. The third-order valence-corrected chi connectivity index (χ3v) is 6.22. The average Bonchev–Trinajstić information content (AvgIpc) is 2.77. The van der Waals surface area contributed by atoms with E-state index in [0.29, 0.717) is 42.4 Å². The van der Waals surface area contributed by atoms with Gasteiger partial charge in [0, 0.05) is 24.9 Å². The molecular formula is C17H20INO4. The van der Waals surface area contributed by atoms with Crippen molar-refractivity contribution in [3.63, 3.8) is 0 Å². The lowest BCUT2D eigenvalue weighted by molar-refractivity contribution is -0.00840. The van der Waals surface area contributed by atoms with E-state index in [1.54, 1.807) is 18.2 Å². The number of esters is 1. The van der Waals surface area contributed by atoms with Crippen molar-refractivity contribution in [3.8, 4) is 11.5 Å². The lowest BCUT2D eigenvalue weighted by Crippen LogP contribution is -2.48. The molecule has 5 nitrogen and oxygen atoms in total. The number of piperidine rings is 1. The number of hydrogen-bond donors (Lipinski definition) is 0. The molecule has 0 aliphatic carbocycles. The maximum absolute atomic E-state index is 12.6. The Hall–Kier alpha value is -1.02. The standard InChI is InChI=1S/C17H20INO4/c1-19-12-3-4-13(19)10-17(18,9-12)23-16(20)11-2-5-14-15(8-11)22-7-6-21-14/h2,5,8,12-13H,3-4,6-7,9-10H2,1H3/t12-,13+,17?. The van der Waals surface area contributed by atoms with Crippen molar-refractivity contribution < 1.29 is 19.0 Å². The molecule has 23 heavy (non-hydrogen) atoms. The summed E-state index contributed by atoms with van der Waals surface area (Å²) < 4.78 is 16.5. The number of alkyl halides is 1. The normalized spacial score (nSPS) is 32.6. The first-order valence-corrected chi connectivity index (χ1v) is 9.16. The Morgan fingerprint density at radius 2 is 1.87 bits per heavy atom. The Bertz CT molecular complexity index is 621. The molecule has 2 fully saturated rings. The second-order valence-electron chi connectivity index (χ2n) is 6.59. The number of fused-ring (bicyclic) bond motifs is 3. The average molecular weight is 429 g/mol. The van der Waals surface area contributed by atoms with Crippen molar-refractivity contribution in [3.05, 3.63) is 23.8 Å². The van der Waals surface area contributed by atoms with Crippen molar-refractivity contribution in [2.45, 2.75) is 41.4 Å². The maximum Gasteiger partial charge on any atom is 0.339 e. The molecule has 1 aromatic rings. The third kappa shape index (κ3) is 2.91. The summed E-state index contributed by atoms with van der Waals surface area (Å²) in [5.41, 5.74) is 0.525. The lowest BCUT2D eigenvalue weighted by Gasteiger charge is -2.41.